The highest BCUT2D eigenvalue weighted by Crippen LogP contribution is 2.56. The fourth-order valence-electron chi connectivity index (χ4n) is 12.9. The van der Waals surface area contributed by atoms with E-state index in [1.165, 1.54) is 0 Å². The predicted molar refractivity (Wildman–Crippen MR) is 297 cm³/mol. The number of fused-ring (bicyclic) bond motifs is 12. The molecule has 0 aliphatic carbocycles. The zero-order valence-corrected chi connectivity index (χ0v) is 48.4. The minimum Gasteiger partial charge on any atom is -0.497 e. The molecule has 18 nitrogen and oxygen atoms in total. The van der Waals surface area contributed by atoms with Crippen molar-refractivity contribution in [1.82, 2.24) is 0 Å². The Morgan fingerprint density at radius 1 is 0.481 bits per heavy atom. The van der Waals surface area contributed by atoms with E-state index in [1.807, 2.05) is 60.7 Å². The second kappa shape index (κ2) is 21.0. The fraction of sp³-hybridized carbons (Fsp3) is 0.524. The van der Waals surface area contributed by atoms with Gasteiger partial charge in [-0.1, -0.05) is 33.8 Å². The Kier molecular flexibility index (Phi) is 14.4. The van der Waals surface area contributed by atoms with Crippen LogP contribution in [0.3, 0.4) is 0 Å². The maximum absolute atomic E-state index is 6.91. The molecule has 6 aromatic carbocycles. The van der Waals surface area contributed by atoms with Gasteiger partial charge < -0.3 is 85.3 Å². The highest BCUT2D eigenvalue weighted by Gasteiger charge is 2.60. The van der Waals surface area contributed by atoms with Gasteiger partial charge in [0.2, 0.25) is 5.75 Å². The van der Waals surface area contributed by atoms with E-state index in [0.717, 1.165) is 56.3 Å². The van der Waals surface area contributed by atoms with Crippen LogP contribution in [0, 0.1) is 22.2 Å². The Morgan fingerprint density at radius 2 is 1.05 bits per heavy atom. The molecule has 15 rings (SSSR count). The van der Waals surface area contributed by atoms with Crippen LogP contribution in [-0.2, 0) is 60.6 Å². The van der Waals surface area contributed by atoms with Gasteiger partial charge in [0.25, 0.3) is 0 Å². The summed E-state index contributed by atoms with van der Waals surface area (Å²) in [5.74, 6) is 1.22. The minimum absolute atomic E-state index is 0.117. The molecule has 81 heavy (non-hydrogen) atoms. The smallest absolute Gasteiger partial charge is 0.312 e. The summed E-state index contributed by atoms with van der Waals surface area (Å²) >= 11 is 0. The first-order chi connectivity index (χ1) is 39.2. The summed E-state index contributed by atoms with van der Waals surface area (Å²) in [5, 5.41) is 5.04. The highest BCUT2D eigenvalue weighted by molar-refractivity contribution is 5.97. The molecule has 9 aliphatic heterocycles. The van der Waals surface area contributed by atoms with Gasteiger partial charge in [-0.05, 0) is 102 Å². The van der Waals surface area contributed by atoms with Crippen molar-refractivity contribution in [3.63, 3.8) is 0 Å². The summed E-state index contributed by atoms with van der Waals surface area (Å²) in [5.41, 5.74) is 1.87. The first-order valence-electron chi connectivity index (χ1n) is 27.8. The van der Waals surface area contributed by atoms with Crippen molar-refractivity contribution in [1.29, 1.82) is 0 Å². The van der Waals surface area contributed by atoms with Crippen LogP contribution in [-0.4, -0.2) is 122 Å². The van der Waals surface area contributed by atoms with Crippen LogP contribution in [0.15, 0.2) is 66.7 Å². The Labute approximate surface area is 472 Å². The third-order valence-corrected chi connectivity index (χ3v) is 18.2. The van der Waals surface area contributed by atoms with Crippen molar-refractivity contribution < 1.29 is 85.3 Å². The predicted octanol–water partition coefficient (Wildman–Crippen LogP) is 10.8. The summed E-state index contributed by atoms with van der Waals surface area (Å²) in [6.07, 6.45) is 1.92. The number of benzene rings is 6. The molecule has 434 valence electrons. The lowest BCUT2D eigenvalue weighted by molar-refractivity contribution is -0.501. The van der Waals surface area contributed by atoms with Crippen molar-refractivity contribution >= 4 is 32.3 Å². The van der Waals surface area contributed by atoms with Crippen LogP contribution < -0.4 is 42.6 Å². The van der Waals surface area contributed by atoms with Crippen LogP contribution in [0.25, 0.3) is 32.3 Å². The molecule has 0 radical (unpaired) electrons. The Bertz CT molecular complexity index is 3310. The number of hydrogen-bond donors (Lipinski definition) is 0. The molecule has 18 heteroatoms. The molecular weight excluding hydrogens is 1040 g/mol. The molecule has 9 aliphatic rings. The minimum atomic E-state index is -1.54. The lowest BCUT2D eigenvalue weighted by atomic mass is 9.71. The fourth-order valence-corrected chi connectivity index (χ4v) is 12.9. The molecule has 0 spiro atoms. The normalized spacial score (nSPS) is 28.8. The quantitative estimate of drug-likeness (QED) is 0.0708. The van der Waals surface area contributed by atoms with Crippen LogP contribution in [0.2, 0.25) is 0 Å². The largest absolute Gasteiger partial charge is 0.497 e. The first kappa shape index (κ1) is 55.5. The summed E-state index contributed by atoms with van der Waals surface area (Å²) in [7, 11) is 13.0. The van der Waals surface area contributed by atoms with E-state index in [0.29, 0.717) is 122 Å². The third kappa shape index (κ3) is 8.85. The summed E-state index contributed by atoms with van der Waals surface area (Å²) in [4.78, 5) is 0. The summed E-state index contributed by atoms with van der Waals surface area (Å²) in [6.45, 7) is 12.3. The van der Waals surface area contributed by atoms with Gasteiger partial charge >= 0.3 is 17.9 Å². The first-order valence-corrected chi connectivity index (χ1v) is 27.8. The average Bonchev–Trinajstić information content (AvgIpc) is 3.51. The van der Waals surface area contributed by atoms with Crippen LogP contribution in [0.5, 0.6) is 51.7 Å². The lowest BCUT2D eigenvalue weighted by Crippen LogP contribution is -2.64. The summed E-state index contributed by atoms with van der Waals surface area (Å²) in [6, 6.07) is 21.4. The van der Waals surface area contributed by atoms with Gasteiger partial charge in [-0.2, -0.15) is 0 Å². The zero-order valence-electron chi connectivity index (χ0n) is 48.4. The number of hydrogen-bond acceptors (Lipinski definition) is 18. The molecule has 9 saturated heterocycles. The standard InChI is InChI=1S/C63H74O18/c1-13-59-31-79-63(80-32-59,41-19-39-20-43(64-5)25-49(67-8)54(39)48(24-41)66-7)81-52(59)27-72-55-44-15-14-40(18-38(44)21-50(68-9)57(55)71-12)61-73-28-58(29-74-61,30-75-61)17-16-37(4)60-33-76-62(77-34-60,78-35-60)42-22-46-45(47(23-42)65-6)26-51(69-10)56(70-11)53(46)36(2)3/h14-15,18-26,36-37,52H,13,16-17,27-35H2,1-12H3. The van der Waals surface area contributed by atoms with Gasteiger partial charge in [-0.3, -0.25) is 0 Å². The number of methoxy groups -OCH3 is 8. The SMILES string of the molecule is CCC12COC(c3cc(OC)c4c(OC)cc(OC)cc4c3)(OC1)OC2COc1c(OC)c(OC)cc2cc(C34OCC(CCC(C)C56COC(c7cc(OC)c8cc(OC)c(OC)c(C(C)C)c8c7)(OC5)OC6)(CO3)CO4)ccc12. The molecule has 2 unspecified atom stereocenters. The van der Waals surface area contributed by atoms with Crippen LogP contribution in [0.1, 0.15) is 75.1 Å². The second-order valence-corrected chi connectivity index (χ2v) is 22.9. The maximum atomic E-state index is 6.91. The Morgan fingerprint density at radius 3 is 1.65 bits per heavy atom. The molecule has 0 N–H and O–H groups in total. The molecule has 0 aromatic heterocycles. The van der Waals surface area contributed by atoms with Gasteiger partial charge in [0.15, 0.2) is 23.0 Å². The van der Waals surface area contributed by atoms with Gasteiger partial charge in [-0.15, -0.1) is 0 Å². The van der Waals surface area contributed by atoms with E-state index in [4.69, 9.17) is 85.3 Å². The highest BCUT2D eigenvalue weighted by atomic mass is 16.9. The maximum Gasteiger partial charge on any atom is 0.312 e. The monoisotopic (exact) mass is 1120 g/mol. The van der Waals surface area contributed by atoms with E-state index in [2.05, 4.69) is 33.8 Å². The van der Waals surface area contributed by atoms with E-state index < -0.39 is 29.4 Å². The van der Waals surface area contributed by atoms with Crippen molar-refractivity contribution in [2.24, 2.45) is 22.2 Å². The van der Waals surface area contributed by atoms with Crippen LogP contribution in [0.4, 0.5) is 0 Å². The number of rotatable bonds is 20. The Balaban J connectivity index is 0.730. The third-order valence-electron chi connectivity index (χ3n) is 18.2. The van der Waals surface area contributed by atoms with E-state index >= 15 is 0 Å². The molecule has 0 saturated carbocycles. The van der Waals surface area contributed by atoms with E-state index in [1.54, 1.807) is 56.9 Å². The molecule has 9 heterocycles. The van der Waals surface area contributed by atoms with Crippen LogP contribution >= 0.6 is 0 Å². The summed E-state index contributed by atoms with van der Waals surface area (Å²) < 4.78 is 113. The molecular formula is C63H74O18. The van der Waals surface area contributed by atoms with Crippen molar-refractivity contribution in [2.75, 3.05) is 116 Å². The topological polar surface area (TPSA) is 166 Å². The van der Waals surface area contributed by atoms with Crippen molar-refractivity contribution in [2.45, 2.75) is 76.9 Å². The van der Waals surface area contributed by atoms with E-state index in [-0.39, 0.29) is 29.3 Å². The molecule has 6 bridgehead atoms. The number of ether oxygens (including phenoxy) is 18. The Hall–Kier alpha value is -6.06. The molecule has 2 atom stereocenters. The van der Waals surface area contributed by atoms with Crippen molar-refractivity contribution in [3.05, 3.63) is 89.0 Å². The second-order valence-electron chi connectivity index (χ2n) is 22.9. The van der Waals surface area contributed by atoms with Gasteiger partial charge in [0.05, 0.1) is 115 Å². The van der Waals surface area contributed by atoms with Crippen molar-refractivity contribution in [3.8, 4) is 51.7 Å². The van der Waals surface area contributed by atoms with Gasteiger partial charge in [0, 0.05) is 55.3 Å². The molecule has 0 amide bonds. The molecule has 9 fully saturated rings. The van der Waals surface area contributed by atoms with Gasteiger partial charge in [0.1, 0.15) is 35.7 Å². The average molecular weight is 1120 g/mol. The molecule has 6 aromatic rings. The lowest BCUT2D eigenvalue weighted by Gasteiger charge is -2.55. The zero-order chi connectivity index (χ0) is 56.7. The van der Waals surface area contributed by atoms with E-state index in [9.17, 15) is 0 Å². The van der Waals surface area contributed by atoms with Gasteiger partial charge in [-0.25, -0.2) is 0 Å².